The SMILES string of the molecule is COc1cc(C=NNC(=O)c2[nH]c3c(C)cccc3c2-c2ccccc2Cl)ccc1OC(=O)c1ccco1. The molecular formula is C29H22ClN3O5. The highest BCUT2D eigenvalue weighted by molar-refractivity contribution is 6.34. The standard InChI is InChI=1S/C29H22ClN3O5/c1-17-7-5-9-20-25(19-8-3-4-10-21(19)30)27(32-26(17)20)28(34)33-31-16-18-12-13-22(24(15-18)36-2)38-29(35)23-11-6-14-37-23/h3-16,32H,1-2H3,(H,33,34). The zero-order chi connectivity index (χ0) is 26.6. The van der Waals surface area contributed by atoms with E-state index in [9.17, 15) is 9.59 Å². The second kappa shape index (κ2) is 10.7. The summed E-state index contributed by atoms with van der Waals surface area (Å²) in [6.07, 6.45) is 2.84. The third-order valence-electron chi connectivity index (χ3n) is 5.90. The summed E-state index contributed by atoms with van der Waals surface area (Å²) in [5, 5.41) is 5.54. The fourth-order valence-electron chi connectivity index (χ4n) is 4.09. The molecule has 9 heteroatoms. The first kappa shape index (κ1) is 24.9. The third-order valence-corrected chi connectivity index (χ3v) is 6.23. The van der Waals surface area contributed by atoms with E-state index in [-0.39, 0.29) is 11.5 Å². The summed E-state index contributed by atoms with van der Waals surface area (Å²) in [6.45, 7) is 1.97. The molecule has 8 nitrogen and oxygen atoms in total. The Morgan fingerprint density at radius 1 is 1.03 bits per heavy atom. The molecule has 2 N–H and O–H groups in total. The lowest BCUT2D eigenvalue weighted by atomic mass is 10.0. The van der Waals surface area contributed by atoms with Crippen molar-refractivity contribution in [1.82, 2.24) is 10.4 Å². The first-order valence-corrected chi connectivity index (χ1v) is 12.0. The number of aromatic amines is 1. The second-order valence-corrected chi connectivity index (χ2v) is 8.74. The molecule has 0 saturated heterocycles. The highest BCUT2D eigenvalue weighted by Crippen LogP contribution is 2.37. The highest BCUT2D eigenvalue weighted by Gasteiger charge is 2.21. The van der Waals surface area contributed by atoms with Gasteiger partial charge in [0.25, 0.3) is 5.91 Å². The molecule has 1 amide bonds. The number of hydrogen-bond acceptors (Lipinski definition) is 6. The largest absolute Gasteiger partial charge is 0.493 e. The van der Waals surface area contributed by atoms with Gasteiger partial charge < -0.3 is 18.9 Å². The normalized spacial score (nSPS) is 11.1. The average molecular weight is 528 g/mol. The van der Waals surface area contributed by atoms with E-state index in [4.69, 9.17) is 25.5 Å². The molecule has 0 aliphatic carbocycles. The molecule has 5 rings (SSSR count). The Morgan fingerprint density at radius 2 is 1.87 bits per heavy atom. The number of aryl methyl sites for hydroxylation is 1. The summed E-state index contributed by atoms with van der Waals surface area (Å²) in [6, 6.07) is 21.2. The molecule has 5 aromatic rings. The van der Waals surface area contributed by atoms with Gasteiger partial charge in [0.1, 0.15) is 5.69 Å². The van der Waals surface area contributed by atoms with Crippen molar-refractivity contribution in [3.63, 3.8) is 0 Å². The first-order valence-electron chi connectivity index (χ1n) is 11.6. The van der Waals surface area contributed by atoms with Gasteiger partial charge in [0.05, 0.1) is 19.6 Å². The fourth-order valence-corrected chi connectivity index (χ4v) is 4.32. The molecule has 2 heterocycles. The summed E-state index contributed by atoms with van der Waals surface area (Å²) in [5.74, 6) is -0.475. The maximum Gasteiger partial charge on any atom is 0.379 e. The summed E-state index contributed by atoms with van der Waals surface area (Å²) < 4.78 is 15.8. The summed E-state index contributed by atoms with van der Waals surface area (Å²) in [4.78, 5) is 28.7. The molecule has 3 aromatic carbocycles. The number of H-pyrrole nitrogens is 1. The van der Waals surface area contributed by atoms with Gasteiger partial charge in [0.15, 0.2) is 11.5 Å². The Hall–Kier alpha value is -4.82. The number of aromatic nitrogens is 1. The van der Waals surface area contributed by atoms with Crippen LogP contribution >= 0.6 is 11.6 Å². The Bertz CT molecular complexity index is 1670. The highest BCUT2D eigenvalue weighted by atomic mass is 35.5. The molecular weight excluding hydrogens is 506 g/mol. The Morgan fingerprint density at radius 3 is 2.63 bits per heavy atom. The molecule has 190 valence electrons. The van der Waals surface area contributed by atoms with Crippen LogP contribution in [0.15, 0.2) is 88.6 Å². The van der Waals surface area contributed by atoms with E-state index in [0.29, 0.717) is 27.6 Å². The Labute approximate surface area is 222 Å². The van der Waals surface area contributed by atoms with Crippen molar-refractivity contribution < 1.29 is 23.5 Å². The minimum absolute atomic E-state index is 0.0729. The second-order valence-electron chi connectivity index (χ2n) is 8.33. The number of esters is 1. The lowest BCUT2D eigenvalue weighted by molar-refractivity contribution is 0.0696. The van der Waals surface area contributed by atoms with Crippen LogP contribution in [0.3, 0.4) is 0 Å². The molecule has 0 aliphatic rings. The van der Waals surface area contributed by atoms with Crippen LogP contribution in [-0.2, 0) is 0 Å². The summed E-state index contributed by atoms with van der Waals surface area (Å²) in [7, 11) is 1.45. The summed E-state index contributed by atoms with van der Waals surface area (Å²) >= 11 is 6.50. The van der Waals surface area contributed by atoms with Crippen molar-refractivity contribution in [2.75, 3.05) is 7.11 Å². The van der Waals surface area contributed by atoms with Crippen LogP contribution in [0.1, 0.15) is 32.2 Å². The van der Waals surface area contributed by atoms with E-state index in [0.717, 1.165) is 22.0 Å². The molecule has 0 radical (unpaired) electrons. The maximum atomic E-state index is 13.2. The number of carbonyl (C=O) groups excluding carboxylic acids is 2. The number of rotatable bonds is 7. The Kier molecular flexibility index (Phi) is 6.97. The van der Waals surface area contributed by atoms with Crippen LogP contribution in [0, 0.1) is 6.92 Å². The van der Waals surface area contributed by atoms with Crippen LogP contribution in [0.2, 0.25) is 5.02 Å². The van der Waals surface area contributed by atoms with Crippen LogP contribution in [0.25, 0.3) is 22.0 Å². The lowest BCUT2D eigenvalue weighted by Crippen LogP contribution is -2.19. The van der Waals surface area contributed by atoms with Crippen LogP contribution in [0.5, 0.6) is 11.5 Å². The zero-order valence-electron chi connectivity index (χ0n) is 20.4. The molecule has 0 saturated carbocycles. The minimum atomic E-state index is -0.648. The van der Waals surface area contributed by atoms with Crippen molar-refractivity contribution in [3.8, 4) is 22.6 Å². The van der Waals surface area contributed by atoms with Crippen LogP contribution in [0.4, 0.5) is 0 Å². The predicted molar refractivity (Wildman–Crippen MR) is 145 cm³/mol. The van der Waals surface area contributed by atoms with Crippen LogP contribution < -0.4 is 14.9 Å². The van der Waals surface area contributed by atoms with Crippen molar-refractivity contribution in [1.29, 1.82) is 0 Å². The monoisotopic (exact) mass is 527 g/mol. The van der Waals surface area contributed by atoms with Crippen molar-refractivity contribution in [2.45, 2.75) is 6.92 Å². The summed E-state index contributed by atoms with van der Waals surface area (Å²) in [5.41, 5.74) is 6.82. The van der Waals surface area contributed by atoms with E-state index < -0.39 is 11.9 Å². The molecule has 0 unspecified atom stereocenters. The van der Waals surface area contributed by atoms with Gasteiger partial charge in [-0.3, -0.25) is 4.79 Å². The van der Waals surface area contributed by atoms with Crippen molar-refractivity contribution in [3.05, 3.63) is 107 Å². The van der Waals surface area contributed by atoms with Gasteiger partial charge in [-0.1, -0.05) is 48.0 Å². The van der Waals surface area contributed by atoms with E-state index in [1.807, 2.05) is 43.3 Å². The smallest absolute Gasteiger partial charge is 0.379 e. The zero-order valence-corrected chi connectivity index (χ0v) is 21.2. The van der Waals surface area contributed by atoms with E-state index >= 15 is 0 Å². The maximum absolute atomic E-state index is 13.2. The fraction of sp³-hybridized carbons (Fsp3) is 0.0690. The van der Waals surface area contributed by atoms with Gasteiger partial charge in [0.2, 0.25) is 5.76 Å². The van der Waals surface area contributed by atoms with Crippen LogP contribution in [-0.4, -0.2) is 30.2 Å². The number of hydrazone groups is 1. The van der Waals surface area contributed by atoms with E-state index in [1.165, 1.54) is 25.7 Å². The number of para-hydroxylation sites is 1. The number of fused-ring (bicyclic) bond motifs is 1. The number of nitrogens with one attached hydrogen (secondary N) is 2. The van der Waals surface area contributed by atoms with Gasteiger partial charge in [-0.2, -0.15) is 5.10 Å². The van der Waals surface area contributed by atoms with Crippen molar-refractivity contribution in [2.24, 2.45) is 5.10 Å². The number of benzene rings is 3. The molecule has 0 bridgehead atoms. The minimum Gasteiger partial charge on any atom is -0.493 e. The number of carbonyl (C=O) groups is 2. The molecule has 0 aliphatic heterocycles. The molecule has 0 fully saturated rings. The average Bonchev–Trinajstić information content (AvgIpc) is 3.59. The number of nitrogens with zero attached hydrogens (tertiary/aromatic N) is 1. The number of methoxy groups -OCH3 is 1. The van der Waals surface area contributed by atoms with Gasteiger partial charge in [-0.25, -0.2) is 10.2 Å². The number of amides is 1. The molecule has 0 atom stereocenters. The molecule has 0 spiro atoms. The van der Waals surface area contributed by atoms with Crippen molar-refractivity contribution >= 4 is 40.6 Å². The van der Waals surface area contributed by atoms with E-state index in [1.54, 1.807) is 30.3 Å². The molecule has 2 aromatic heterocycles. The number of ether oxygens (including phenoxy) is 2. The quantitative estimate of drug-likeness (QED) is 0.110. The number of halogens is 1. The molecule has 38 heavy (non-hydrogen) atoms. The van der Waals surface area contributed by atoms with E-state index in [2.05, 4.69) is 15.5 Å². The third kappa shape index (κ3) is 4.89. The first-order chi connectivity index (χ1) is 18.5. The lowest BCUT2D eigenvalue weighted by Gasteiger charge is -2.09. The predicted octanol–water partition coefficient (Wildman–Crippen LogP) is 6.38. The van der Waals surface area contributed by atoms with Gasteiger partial charge in [-0.05, 0) is 54.4 Å². The number of furan rings is 1. The van der Waals surface area contributed by atoms with Gasteiger partial charge in [0, 0.05) is 27.1 Å². The van der Waals surface area contributed by atoms with Gasteiger partial charge >= 0.3 is 5.97 Å². The number of hydrogen-bond donors (Lipinski definition) is 2. The Balaban J connectivity index is 1.39. The topological polar surface area (TPSA) is 106 Å². The van der Waals surface area contributed by atoms with Gasteiger partial charge in [-0.15, -0.1) is 0 Å².